The third kappa shape index (κ3) is 4.93. The average molecular weight is 284 g/mol. The maximum Gasteiger partial charge on any atom is 0.237 e. The Morgan fingerprint density at radius 2 is 1.71 bits per heavy atom. The molecule has 0 fully saturated rings. The van der Waals surface area contributed by atoms with E-state index in [4.69, 9.17) is 5.73 Å². The van der Waals surface area contributed by atoms with Gasteiger partial charge in [-0.2, -0.15) is 0 Å². The van der Waals surface area contributed by atoms with Gasteiger partial charge in [0.1, 0.15) is 5.75 Å². The molecule has 0 heterocycles. The van der Waals surface area contributed by atoms with Gasteiger partial charge in [-0.05, 0) is 36.1 Å². The number of phenolic OH excluding ortho intramolecular Hbond substituents is 1. The van der Waals surface area contributed by atoms with Gasteiger partial charge in [0.05, 0.1) is 6.04 Å². The van der Waals surface area contributed by atoms with Crippen LogP contribution in [-0.2, 0) is 17.6 Å². The molecular formula is C17H20N2O2. The summed E-state index contributed by atoms with van der Waals surface area (Å²) in [6, 6.07) is 16.1. The minimum Gasteiger partial charge on any atom is -0.508 e. The molecule has 0 radical (unpaired) electrons. The summed E-state index contributed by atoms with van der Waals surface area (Å²) < 4.78 is 0. The number of carbonyl (C=O) groups is 1. The van der Waals surface area contributed by atoms with Crippen molar-refractivity contribution in [3.63, 3.8) is 0 Å². The zero-order chi connectivity index (χ0) is 15.1. The number of aromatic hydroxyl groups is 1. The summed E-state index contributed by atoms with van der Waals surface area (Å²) in [4.78, 5) is 11.9. The summed E-state index contributed by atoms with van der Waals surface area (Å²) >= 11 is 0. The van der Waals surface area contributed by atoms with E-state index in [9.17, 15) is 9.90 Å². The van der Waals surface area contributed by atoms with Crippen molar-refractivity contribution in [2.24, 2.45) is 5.73 Å². The maximum atomic E-state index is 11.9. The van der Waals surface area contributed by atoms with Gasteiger partial charge in [-0.25, -0.2) is 0 Å². The Balaban J connectivity index is 1.75. The normalized spacial score (nSPS) is 11.9. The van der Waals surface area contributed by atoms with E-state index in [1.54, 1.807) is 12.1 Å². The van der Waals surface area contributed by atoms with Crippen molar-refractivity contribution in [3.05, 3.63) is 65.7 Å². The number of rotatable bonds is 6. The molecule has 2 aromatic rings. The molecule has 0 aliphatic carbocycles. The van der Waals surface area contributed by atoms with E-state index in [0.717, 1.165) is 11.1 Å². The summed E-state index contributed by atoms with van der Waals surface area (Å²) in [6.45, 7) is 0.534. The van der Waals surface area contributed by atoms with Gasteiger partial charge in [-0.3, -0.25) is 4.79 Å². The number of phenols is 1. The van der Waals surface area contributed by atoms with Gasteiger partial charge in [0.2, 0.25) is 5.91 Å². The average Bonchev–Trinajstić information content (AvgIpc) is 2.50. The summed E-state index contributed by atoms with van der Waals surface area (Å²) in [5, 5.41) is 12.0. The Hall–Kier alpha value is -2.33. The Labute approximate surface area is 124 Å². The standard InChI is InChI=1S/C17H20N2O2/c18-16(12-14-4-2-1-3-5-14)17(21)19-11-10-13-6-8-15(20)9-7-13/h1-9,16,20H,10-12,18H2,(H,19,21)/t16-/m0/s1. The molecule has 4 nitrogen and oxygen atoms in total. The van der Waals surface area contributed by atoms with E-state index in [0.29, 0.717) is 19.4 Å². The van der Waals surface area contributed by atoms with Crippen LogP contribution in [-0.4, -0.2) is 23.6 Å². The predicted molar refractivity (Wildman–Crippen MR) is 82.9 cm³/mol. The third-order valence-electron chi connectivity index (χ3n) is 3.28. The van der Waals surface area contributed by atoms with Crippen LogP contribution in [0.1, 0.15) is 11.1 Å². The van der Waals surface area contributed by atoms with Crippen molar-refractivity contribution >= 4 is 5.91 Å². The number of amides is 1. The van der Waals surface area contributed by atoms with Gasteiger partial charge in [-0.15, -0.1) is 0 Å². The highest BCUT2D eigenvalue weighted by molar-refractivity contribution is 5.81. The van der Waals surface area contributed by atoms with Crippen LogP contribution in [0.25, 0.3) is 0 Å². The Kier molecular flexibility index (Phi) is 5.35. The minimum absolute atomic E-state index is 0.141. The van der Waals surface area contributed by atoms with Crippen LogP contribution in [0.2, 0.25) is 0 Å². The second kappa shape index (κ2) is 7.45. The lowest BCUT2D eigenvalue weighted by atomic mass is 10.1. The number of nitrogens with two attached hydrogens (primary N) is 1. The van der Waals surface area contributed by atoms with Gasteiger partial charge >= 0.3 is 0 Å². The molecule has 4 N–H and O–H groups in total. The molecule has 0 bridgehead atoms. The highest BCUT2D eigenvalue weighted by Crippen LogP contribution is 2.09. The molecule has 0 spiro atoms. The summed E-state index contributed by atoms with van der Waals surface area (Å²) in [5.41, 5.74) is 8.02. The van der Waals surface area contributed by atoms with E-state index in [2.05, 4.69) is 5.32 Å². The lowest BCUT2D eigenvalue weighted by Crippen LogP contribution is -2.42. The van der Waals surface area contributed by atoms with Crippen molar-refractivity contribution in [3.8, 4) is 5.75 Å². The van der Waals surface area contributed by atoms with Gasteiger partial charge in [-0.1, -0.05) is 42.5 Å². The molecule has 1 amide bonds. The highest BCUT2D eigenvalue weighted by atomic mass is 16.3. The molecule has 0 aliphatic heterocycles. The number of hydrogen-bond donors (Lipinski definition) is 3. The van der Waals surface area contributed by atoms with Crippen molar-refractivity contribution in [1.82, 2.24) is 5.32 Å². The van der Waals surface area contributed by atoms with Crippen LogP contribution in [0.5, 0.6) is 5.75 Å². The molecule has 0 aliphatic rings. The third-order valence-corrected chi connectivity index (χ3v) is 3.28. The fourth-order valence-corrected chi connectivity index (χ4v) is 2.08. The molecule has 4 heteroatoms. The van der Waals surface area contributed by atoms with Crippen molar-refractivity contribution < 1.29 is 9.90 Å². The number of hydrogen-bond acceptors (Lipinski definition) is 3. The Morgan fingerprint density at radius 1 is 1.05 bits per heavy atom. The Bertz CT molecular complexity index is 567. The lowest BCUT2D eigenvalue weighted by molar-refractivity contribution is -0.122. The van der Waals surface area contributed by atoms with Crippen molar-refractivity contribution in [1.29, 1.82) is 0 Å². The second-order valence-electron chi connectivity index (χ2n) is 5.00. The van der Waals surface area contributed by atoms with E-state index in [1.165, 1.54) is 0 Å². The van der Waals surface area contributed by atoms with Crippen molar-refractivity contribution in [2.75, 3.05) is 6.54 Å². The summed E-state index contributed by atoms with van der Waals surface area (Å²) in [6.07, 6.45) is 1.25. The number of benzene rings is 2. The molecule has 110 valence electrons. The Morgan fingerprint density at radius 3 is 2.38 bits per heavy atom. The van der Waals surface area contributed by atoms with Gasteiger partial charge in [0.25, 0.3) is 0 Å². The zero-order valence-electron chi connectivity index (χ0n) is 11.8. The molecule has 0 unspecified atom stereocenters. The largest absolute Gasteiger partial charge is 0.508 e. The fraction of sp³-hybridized carbons (Fsp3) is 0.235. The molecular weight excluding hydrogens is 264 g/mol. The molecule has 1 atom stereocenters. The fourth-order valence-electron chi connectivity index (χ4n) is 2.08. The molecule has 0 saturated heterocycles. The minimum atomic E-state index is -0.535. The molecule has 21 heavy (non-hydrogen) atoms. The van der Waals surface area contributed by atoms with Crippen LogP contribution in [0.3, 0.4) is 0 Å². The molecule has 0 saturated carbocycles. The zero-order valence-corrected chi connectivity index (χ0v) is 11.8. The van der Waals surface area contributed by atoms with E-state index in [1.807, 2.05) is 42.5 Å². The first-order valence-electron chi connectivity index (χ1n) is 7.00. The molecule has 2 aromatic carbocycles. The lowest BCUT2D eigenvalue weighted by Gasteiger charge is -2.12. The SMILES string of the molecule is N[C@@H](Cc1ccccc1)C(=O)NCCc1ccc(O)cc1. The van der Waals surface area contributed by atoms with Gasteiger partial charge in [0, 0.05) is 6.54 Å². The topological polar surface area (TPSA) is 75.4 Å². The highest BCUT2D eigenvalue weighted by Gasteiger charge is 2.13. The first kappa shape index (κ1) is 15.1. The number of nitrogens with one attached hydrogen (secondary N) is 1. The second-order valence-corrected chi connectivity index (χ2v) is 5.00. The predicted octanol–water partition coefficient (Wildman–Crippen LogP) is 1.62. The van der Waals surface area contributed by atoms with Crippen LogP contribution in [0.4, 0.5) is 0 Å². The van der Waals surface area contributed by atoms with Crippen LogP contribution >= 0.6 is 0 Å². The van der Waals surface area contributed by atoms with Gasteiger partial charge in [0.15, 0.2) is 0 Å². The summed E-state index contributed by atoms with van der Waals surface area (Å²) in [7, 11) is 0. The van der Waals surface area contributed by atoms with E-state index >= 15 is 0 Å². The quantitative estimate of drug-likeness (QED) is 0.754. The summed E-state index contributed by atoms with van der Waals surface area (Å²) in [5.74, 6) is 0.102. The maximum absolute atomic E-state index is 11.9. The van der Waals surface area contributed by atoms with Gasteiger partial charge < -0.3 is 16.2 Å². The first-order valence-corrected chi connectivity index (χ1v) is 7.00. The van der Waals surface area contributed by atoms with E-state index in [-0.39, 0.29) is 11.7 Å². The van der Waals surface area contributed by atoms with Crippen LogP contribution < -0.4 is 11.1 Å². The number of carbonyl (C=O) groups excluding carboxylic acids is 1. The van der Waals surface area contributed by atoms with Crippen LogP contribution in [0.15, 0.2) is 54.6 Å². The molecule has 2 rings (SSSR count). The van der Waals surface area contributed by atoms with Crippen molar-refractivity contribution in [2.45, 2.75) is 18.9 Å². The molecule has 0 aromatic heterocycles. The van der Waals surface area contributed by atoms with Crippen LogP contribution in [0, 0.1) is 0 Å². The first-order chi connectivity index (χ1) is 10.1. The van der Waals surface area contributed by atoms with E-state index < -0.39 is 6.04 Å². The smallest absolute Gasteiger partial charge is 0.237 e. The monoisotopic (exact) mass is 284 g/mol.